The number of nitro groups is 1. The van der Waals surface area contributed by atoms with Gasteiger partial charge in [0.2, 0.25) is 5.88 Å². The van der Waals surface area contributed by atoms with Gasteiger partial charge in [0.05, 0.1) is 31.7 Å². The minimum absolute atomic E-state index is 0.0337. The number of nitro benzene ring substituents is 1. The molecule has 3 aromatic carbocycles. The summed E-state index contributed by atoms with van der Waals surface area (Å²) in [4.78, 5) is 24.9. The van der Waals surface area contributed by atoms with E-state index < -0.39 is 10.9 Å². The van der Waals surface area contributed by atoms with Crippen molar-refractivity contribution in [1.29, 1.82) is 0 Å². The lowest BCUT2D eigenvalue weighted by Gasteiger charge is -2.10. The topological polar surface area (TPSA) is 87.3 Å². The molecule has 0 aliphatic carbocycles. The fourth-order valence-corrected chi connectivity index (χ4v) is 4.43. The first-order chi connectivity index (χ1) is 15.4. The Morgan fingerprint density at radius 2 is 1.78 bits per heavy atom. The number of rotatable bonds is 6. The van der Waals surface area contributed by atoms with E-state index in [1.807, 2.05) is 36.4 Å². The number of hydrogen-bond acceptors (Lipinski definition) is 6. The zero-order valence-electron chi connectivity index (χ0n) is 16.8. The number of hydrogen-bond donors (Lipinski definition) is 0. The van der Waals surface area contributed by atoms with E-state index in [1.165, 1.54) is 10.7 Å². The van der Waals surface area contributed by atoms with E-state index in [2.05, 4.69) is 21.0 Å². The Hall–Kier alpha value is -3.43. The number of carbonyl (C=O) groups excluding carboxylic acids is 1. The molecule has 0 saturated heterocycles. The van der Waals surface area contributed by atoms with Gasteiger partial charge in [-0.25, -0.2) is 4.79 Å². The maximum atomic E-state index is 12.9. The van der Waals surface area contributed by atoms with Crippen LogP contribution in [-0.2, 0) is 0 Å². The van der Waals surface area contributed by atoms with Gasteiger partial charge in [0.15, 0.2) is 0 Å². The molecular formula is C23H16BrN3O4S. The zero-order chi connectivity index (χ0) is 22.7. The summed E-state index contributed by atoms with van der Waals surface area (Å²) in [5, 5.41) is 16.0. The van der Waals surface area contributed by atoms with Crippen molar-refractivity contribution in [2.75, 3.05) is 0 Å². The standard InChI is InChI=1S/C23H16BrN3O4S/c1-15-21(32-20-13-6-5-12-19(20)27(29)30)22(26(25-15)18-10-3-2-4-11-18)31-23(28)16-8-7-9-17(24)14-16/h2-14H,1H3. The molecular weight excluding hydrogens is 494 g/mol. The monoisotopic (exact) mass is 509 g/mol. The largest absolute Gasteiger partial charge is 0.402 e. The molecule has 0 amide bonds. The lowest BCUT2D eigenvalue weighted by Crippen LogP contribution is -2.12. The smallest absolute Gasteiger partial charge is 0.344 e. The number of para-hydroxylation sites is 2. The second kappa shape index (κ2) is 9.37. The Bertz CT molecular complexity index is 1310. The Kier molecular flexibility index (Phi) is 6.38. The van der Waals surface area contributed by atoms with E-state index >= 15 is 0 Å². The zero-order valence-corrected chi connectivity index (χ0v) is 19.2. The Labute approximate surface area is 196 Å². The fourth-order valence-electron chi connectivity index (χ4n) is 3.01. The number of ether oxygens (including phenoxy) is 1. The average molecular weight is 510 g/mol. The third kappa shape index (κ3) is 4.58. The van der Waals surface area contributed by atoms with E-state index in [0.29, 0.717) is 26.7 Å². The second-order valence-corrected chi connectivity index (χ2v) is 8.66. The number of benzene rings is 3. The first kappa shape index (κ1) is 21.8. The van der Waals surface area contributed by atoms with Crippen molar-refractivity contribution in [2.45, 2.75) is 16.7 Å². The van der Waals surface area contributed by atoms with Crippen LogP contribution in [0.25, 0.3) is 5.69 Å². The maximum Gasteiger partial charge on any atom is 0.344 e. The molecule has 160 valence electrons. The SMILES string of the molecule is Cc1nn(-c2ccccc2)c(OC(=O)c2cccc(Br)c2)c1Sc1ccccc1[N+](=O)[O-]. The summed E-state index contributed by atoms with van der Waals surface area (Å²) in [5.41, 5.74) is 1.60. The summed E-state index contributed by atoms with van der Waals surface area (Å²) in [6.45, 7) is 1.77. The predicted molar refractivity (Wildman–Crippen MR) is 125 cm³/mol. The fraction of sp³-hybridized carbons (Fsp3) is 0.0435. The van der Waals surface area contributed by atoms with E-state index in [9.17, 15) is 14.9 Å². The van der Waals surface area contributed by atoms with Crippen LogP contribution in [0, 0.1) is 17.0 Å². The van der Waals surface area contributed by atoms with E-state index in [4.69, 9.17) is 4.74 Å². The molecule has 0 aliphatic rings. The Morgan fingerprint density at radius 1 is 1.06 bits per heavy atom. The van der Waals surface area contributed by atoms with Crippen molar-refractivity contribution in [2.24, 2.45) is 0 Å². The van der Waals surface area contributed by atoms with Gasteiger partial charge in [-0.15, -0.1) is 0 Å². The van der Waals surface area contributed by atoms with Gasteiger partial charge in [-0.1, -0.05) is 64.1 Å². The highest BCUT2D eigenvalue weighted by Crippen LogP contribution is 2.42. The van der Waals surface area contributed by atoms with Crippen LogP contribution in [0.4, 0.5) is 5.69 Å². The number of carbonyl (C=O) groups is 1. The van der Waals surface area contributed by atoms with Crippen LogP contribution in [0.1, 0.15) is 16.1 Å². The quantitative estimate of drug-likeness (QED) is 0.174. The minimum atomic E-state index is -0.562. The molecule has 4 rings (SSSR count). The Balaban J connectivity index is 1.81. The van der Waals surface area contributed by atoms with Crippen molar-refractivity contribution in [3.8, 4) is 11.6 Å². The van der Waals surface area contributed by atoms with Gasteiger partial charge in [0.25, 0.3) is 5.69 Å². The van der Waals surface area contributed by atoms with Crippen molar-refractivity contribution in [3.05, 3.63) is 105 Å². The van der Waals surface area contributed by atoms with Crippen LogP contribution in [0.3, 0.4) is 0 Å². The summed E-state index contributed by atoms with van der Waals surface area (Å²) in [7, 11) is 0. The number of nitrogens with zero attached hydrogens (tertiary/aromatic N) is 3. The number of aryl methyl sites for hydroxylation is 1. The van der Waals surface area contributed by atoms with Crippen LogP contribution < -0.4 is 4.74 Å². The van der Waals surface area contributed by atoms with Gasteiger partial charge >= 0.3 is 5.97 Å². The van der Waals surface area contributed by atoms with E-state index in [0.717, 1.165) is 16.2 Å². The van der Waals surface area contributed by atoms with Crippen LogP contribution in [-0.4, -0.2) is 20.7 Å². The highest BCUT2D eigenvalue weighted by Gasteiger charge is 2.25. The van der Waals surface area contributed by atoms with Crippen LogP contribution in [0.5, 0.6) is 5.88 Å². The summed E-state index contributed by atoms with van der Waals surface area (Å²) in [6, 6.07) is 22.5. The predicted octanol–water partition coefficient (Wildman–Crippen LogP) is 6.22. The van der Waals surface area contributed by atoms with Crippen molar-refractivity contribution in [3.63, 3.8) is 0 Å². The van der Waals surface area contributed by atoms with Crippen LogP contribution in [0.15, 0.2) is 93.1 Å². The molecule has 0 atom stereocenters. The van der Waals surface area contributed by atoms with Crippen LogP contribution >= 0.6 is 27.7 Å². The van der Waals surface area contributed by atoms with Gasteiger partial charge < -0.3 is 4.74 Å². The maximum absolute atomic E-state index is 12.9. The molecule has 0 saturated carbocycles. The molecule has 1 aromatic heterocycles. The van der Waals surface area contributed by atoms with Gasteiger partial charge in [-0.3, -0.25) is 10.1 Å². The third-order valence-corrected chi connectivity index (χ3v) is 6.22. The second-order valence-electron chi connectivity index (χ2n) is 6.69. The molecule has 4 aromatic rings. The molecule has 0 unspecified atom stereocenters. The normalized spacial score (nSPS) is 10.7. The first-order valence-corrected chi connectivity index (χ1v) is 11.1. The number of esters is 1. The van der Waals surface area contributed by atoms with E-state index in [-0.39, 0.29) is 11.6 Å². The minimum Gasteiger partial charge on any atom is -0.402 e. The third-order valence-electron chi connectivity index (χ3n) is 4.49. The summed E-state index contributed by atoms with van der Waals surface area (Å²) in [6.07, 6.45) is 0. The highest BCUT2D eigenvalue weighted by molar-refractivity contribution is 9.10. The molecule has 7 nitrogen and oxygen atoms in total. The van der Waals surface area contributed by atoms with E-state index in [1.54, 1.807) is 43.3 Å². The van der Waals surface area contributed by atoms with Crippen molar-refractivity contribution in [1.82, 2.24) is 9.78 Å². The number of halogens is 1. The molecule has 0 N–H and O–H groups in total. The molecule has 0 aliphatic heterocycles. The average Bonchev–Trinajstić information content (AvgIpc) is 3.09. The first-order valence-electron chi connectivity index (χ1n) is 9.48. The molecule has 0 spiro atoms. The van der Waals surface area contributed by atoms with Crippen molar-refractivity contribution >= 4 is 39.3 Å². The summed E-state index contributed by atoms with van der Waals surface area (Å²) in [5.74, 6) is -0.366. The summed E-state index contributed by atoms with van der Waals surface area (Å²) >= 11 is 4.50. The summed E-state index contributed by atoms with van der Waals surface area (Å²) < 4.78 is 8.09. The lowest BCUT2D eigenvalue weighted by molar-refractivity contribution is -0.387. The van der Waals surface area contributed by atoms with Gasteiger partial charge in [0, 0.05) is 10.5 Å². The number of aromatic nitrogens is 2. The van der Waals surface area contributed by atoms with Crippen molar-refractivity contribution < 1.29 is 14.5 Å². The molecule has 1 heterocycles. The molecule has 0 fully saturated rings. The molecule has 0 radical (unpaired) electrons. The Morgan fingerprint density at radius 3 is 2.50 bits per heavy atom. The molecule has 32 heavy (non-hydrogen) atoms. The lowest BCUT2D eigenvalue weighted by atomic mass is 10.2. The van der Waals surface area contributed by atoms with Crippen LogP contribution in [0.2, 0.25) is 0 Å². The van der Waals surface area contributed by atoms with Gasteiger partial charge in [-0.2, -0.15) is 9.78 Å². The van der Waals surface area contributed by atoms with Gasteiger partial charge in [-0.05, 0) is 43.3 Å². The van der Waals surface area contributed by atoms with Gasteiger partial charge in [0.1, 0.15) is 0 Å². The molecule has 9 heteroatoms. The molecule has 0 bridgehead atoms. The highest BCUT2D eigenvalue weighted by atomic mass is 79.9.